The molecule has 0 atom stereocenters. The van der Waals surface area contributed by atoms with E-state index in [1.54, 1.807) is 0 Å². The number of rotatable bonds is 8. The summed E-state index contributed by atoms with van der Waals surface area (Å²) in [6.45, 7) is 0. The first-order chi connectivity index (χ1) is 28.7. The maximum absolute atomic E-state index is 5.06. The van der Waals surface area contributed by atoms with Crippen molar-refractivity contribution in [1.82, 2.24) is 19.9 Å². The zero-order chi connectivity index (χ0) is 38.7. The van der Waals surface area contributed by atoms with Gasteiger partial charge in [0.15, 0.2) is 17.5 Å². The van der Waals surface area contributed by atoms with Gasteiger partial charge in [-0.3, -0.25) is 0 Å². The Morgan fingerprint density at radius 3 is 0.897 bits per heavy atom. The largest absolute Gasteiger partial charge is 0.248 e. The highest BCUT2D eigenvalue weighted by Gasteiger charge is 2.13. The lowest BCUT2D eigenvalue weighted by atomic mass is 9.95. The number of hydrogen-bond acceptors (Lipinski definition) is 4. The third-order valence-electron chi connectivity index (χ3n) is 10.5. The molecule has 0 bridgehead atoms. The smallest absolute Gasteiger partial charge is 0.164 e. The standard InChI is InChI=1S/C54H36N4/c1-5-13-41(14-6-1)50-35-49(36-51(55-50)42-15-7-2-8-16-42)40-23-21-37(22-24-40)46-31-27-39-28-32-47(34-48(39)33-46)38-25-29-45(30-26-38)54-57-52(43-17-9-3-10-18-43)56-53(58-54)44-19-11-4-12-20-44/h1-36H. The summed E-state index contributed by atoms with van der Waals surface area (Å²) in [5.74, 6) is 1.95. The maximum atomic E-state index is 5.06. The maximum Gasteiger partial charge on any atom is 0.164 e. The van der Waals surface area contributed by atoms with Gasteiger partial charge in [-0.25, -0.2) is 19.9 Å². The van der Waals surface area contributed by atoms with Crippen molar-refractivity contribution in [3.05, 3.63) is 218 Å². The average Bonchev–Trinajstić information content (AvgIpc) is 3.32. The molecule has 0 fully saturated rings. The molecular weight excluding hydrogens is 705 g/mol. The molecule has 0 spiro atoms. The van der Waals surface area contributed by atoms with Crippen LogP contribution in [0.2, 0.25) is 0 Å². The topological polar surface area (TPSA) is 51.6 Å². The summed E-state index contributed by atoms with van der Waals surface area (Å²) >= 11 is 0. The molecule has 0 amide bonds. The molecular formula is C54H36N4. The molecule has 0 radical (unpaired) electrons. The van der Waals surface area contributed by atoms with Crippen molar-refractivity contribution >= 4 is 10.8 Å². The van der Waals surface area contributed by atoms with Gasteiger partial charge >= 0.3 is 0 Å². The van der Waals surface area contributed by atoms with Crippen LogP contribution in [0.5, 0.6) is 0 Å². The zero-order valence-corrected chi connectivity index (χ0v) is 31.6. The quantitative estimate of drug-likeness (QED) is 0.156. The zero-order valence-electron chi connectivity index (χ0n) is 31.6. The van der Waals surface area contributed by atoms with Crippen molar-refractivity contribution in [2.45, 2.75) is 0 Å². The Labute approximate surface area is 337 Å². The van der Waals surface area contributed by atoms with Gasteiger partial charge in [-0.1, -0.05) is 194 Å². The first-order valence-electron chi connectivity index (χ1n) is 19.5. The second-order valence-corrected chi connectivity index (χ2v) is 14.3. The summed E-state index contributed by atoms with van der Waals surface area (Å²) in [7, 11) is 0. The fourth-order valence-electron chi connectivity index (χ4n) is 7.42. The van der Waals surface area contributed by atoms with E-state index in [0.717, 1.165) is 61.5 Å². The monoisotopic (exact) mass is 740 g/mol. The third-order valence-corrected chi connectivity index (χ3v) is 10.5. The molecule has 2 heterocycles. The van der Waals surface area contributed by atoms with E-state index in [9.17, 15) is 0 Å². The van der Waals surface area contributed by atoms with E-state index in [2.05, 4.69) is 146 Å². The molecule has 0 aliphatic carbocycles. The Kier molecular flexibility index (Phi) is 9.18. The fraction of sp³-hybridized carbons (Fsp3) is 0. The number of pyridine rings is 1. The predicted molar refractivity (Wildman–Crippen MR) is 239 cm³/mol. The van der Waals surface area contributed by atoms with Crippen LogP contribution in [0, 0.1) is 0 Å². The van der Waals surface area contributed by atoms with E-state index in [1.807, 2.05) is 72.8 Å². The van der Waals surface area contributed by atoms with Gasteiger partial charge in [-0.2, -0.15) is 0 Å². The lowest BCUT2D eigenvalue weighted by molar-refractivity contribution is 1.07. The molecule has 10 rings (SSSR count). The van der Waals surface area contributed by atoms with E-state index >= 15 is 0 Å². The van der Waals surface area contributed by atoms with E-state index < -0.39 is 0 Å². The van der Waals surface area contributed by atoms with Gasteiger partial charge in [0, 0.05) is 27.8 Å². The number of nitrogens with zero attached hydrogens (tertiary/aromatic N) is 4. The van der Waals surface area contributed by atoms with Crippen LogP contribution >= 0.6 is 0 Å². The summed E-state index contributed by atoms with van der Waals surface area (Å²) in [6.07, 6.45) is 0. The fourth-order valence-corrected chi connectivity index (χ4v) is 7.42. The van der Waals surface area contributed by atoms with E-state index in [-0.39, 0.29) is 0 Å². The van der Waals surface area contributed by atoms with Crippen molar-refractivity contribution in [3.8, 4) is 90.1 Å². The molecule has 58 heavy (non-hydrogen) atoms. The lowest BCUT2D eigenvalue weighted by Crippen LogP contribution is -2.00. The summed E-state index contributed by atoms with van der Waals surface area (Å²) in [6, 6.07) is 76.1. The van der Waals surface area contributed by atoms with Crippen molar-refractivity contribution in [2.24, 2.45) is 0 Å². The van der Waals surface area contributed by atoms with Crippen LogP contribution in [-0.4, -0.2) is 19.9 Å². The second-order valence-electron chi connectivity index (χ2n) is 14.3. The van der Waals surface area contributed by atoms with Crippen LogP contribution in [0.3, 0.4) is 0 Å². The highest BCUT2D eigenvalue weighted by atomic mass is 15.0. The molecule has 0 N–H and O–H groups in total. The molecule has 2 aromatic heterocycles. The van der Waals surface area contributed by atoms with Crippen LogP contribution in [0.1, 0.15) is 0 Å². The van der Waals surface area contributed by atoms with E-state index in [0.29, 0.717) is 17.5 Å². The van der Waals surface area contributed by atoms with E-state index in [4.69, 9.17) is 19.9 Å². The van der Waals surface area contributed by atoms with Crippen LogP contribution in [0.25, 0.3) is 101 Å². The van der Waals surface area contributed by atoms with Crippen molar-refractivity contribution < 1.29 is 0 Å². The van der Waals surface area contributed by atoms with Crippen LogP contribution in [0.15, 0.2) is 218 Å². The second kappa shape index (κ2) is 15.4. The average molecular weight is 741 g/mol. The molecule has 0 aliphatic rings. The number of fused-ring (bicyclic) bond motifs is 1. The van der Waals surface area contributed by atoms with Gasteiger partial charge in [0.1, 0.15) is 0 Å². The molecule has 0 unspecified atom stereocenters. The minimum absolute atomic E-state index is 0.644. The first-order valence-corrected chi connectivity index (χ1v) is 19.5. The summed E-state index contributed by atoms with van der Waals surface area (Å²) in [5.41, 5.74) is 13.9. The van der Waals surface area contributed by atoms with E-state index in [1.165, 1.54) is 21.9 Å². The minimum Gasteiger partial charge on any atom is -0.248 e. The highest BCUT2D eigenvalue weighted by Crippen LogP contribution is 2.34. The van der Waals surface area contributed by atoms with Gasteiger partial charge in [-0.05, 0) is 68.4 Å². The van der Waals surface area contributed by atoms with Gasteiger partial charge in [0.05, 0.1) is 11.4 Å². The van der Waals surface area contributed by atoms with Crippen molar-refractivity contribution in [1.29, 1.82) is 0 Å². The molecule has 10 aromatic rings. The summed E-state index contributed by atoms with van der Waals surface area (Å²) in [4.78, 5) is 19.7. The van der Waals surface area contributed by atoms with Gasteiger partial charge < -0.3 is 0 Å². The number of aromatic nitrogens is 4. The Bertz CT molecular complexity index is 2680. The van der Waals surface area contributed by atoms with Crippen LogP contribution in [0.4, 0.5) is 0 Å². The van der Waals surface area contributed by atoms with Crippen molar-refractivity contribution in [2.75, 3.05) is 0 Å². The Balaban J connectivity index is 0.941. The molecule has 8 aromatic carbocycles. The predicted octanol–water partition coefficient (Wildman–Crippen LogP) is 13.8. The third kappa shape index (κ3) is 7.18. The molecule has 4 heteroatoms. The first kappa shape index (κ1) is 34.7. The number of benzene rings is 8. The van der Waals surface area contributed by atoms with Gasteiger partial charge in [0.25, 0.3) is 0 Å². The molecule has 0 saturated carbocycles. The van der Waals surface area contributed by atoms with Crippen molar-refractivity contribution in [3.63, 3.8) is 0 Å². The summed E-state index contributed by atoms with van der Waals surface area (Å²) < 4.78 is 0. The van der Waals surface area contributed by atoms with Gasteiger partial charge in [-0.15, -0.1) is 0 Å². The normalized spacial score (nSPS) is 11.1. The minimum atomic E-state index is 0.644. The van der Waals surface area contributed by atoms with Crippen LogP contribution < -0.4 is 0 Å². The molecule has 272 valence electrons. The SMILES string of the molecule is c1ccc(-c2cc(-c3ccc(-c4ccc5ccc(-c6ccc(-c7nc(-c8ccccc8)nc(-c8ccccc8)n7)cc6)cc5c4)cc3)cc(-c3ccccc3)n2)cc1. The van der Waals surface area contributed by atoms with Crippen LogP contribution in [-0.2, 0) is 0 Å². The van der Waals surface area contributed by atoms with Gasteiger partial charge in [0.2, 0.25) is 0 Å². The summed E-state index contributed by atoms with van der Waals surface area (Å²) in [5, 5.41) is 2.39. The number of hydrogen-bond donors (Lipinski definition) is 0. The Morgan fingerprint density at radius 2 is 0.500 bits per heavy atom. The molecule has 0 saturated heterocycles. The molecule has 4 nitrogen and oxygen atoms in total. The highest BCUT2D eigenvalue weighted by molar-refractivity contribution is 5.91. The molecule has 0 aliphatic heterocycles. The lowest BCUT2D eigenvalue weighted by Gasteiger charge is -2.11. The Hall–Kier alpha value is -7.82. The Morgan fingerprint density at radius 1 is 0.190 bits per heavy atom.